The van der Waals surface area contributed by atoms with Crippen molar-refractivity contribution in [2.75, 3.05) is 27.2 Å². The van der Waals surface area contributed by atoms with Gasteiger partial charge in [0.15, 0.2) is 0 Å². The van der Waals surface area contributed by atoms with Gasteiger partial charge in [0.25, 0.3) is 0 Å². The number of hydrogen-bond donors (Lipinski definition) is 0. The second-order valence-corrected chi connectivity index (χ2v) is 4.75. The summed E-state index contributed by atoms with van der Waals surface area (Å²) in [5.41, 5.74) is 2.19. The van der Waals surface area contributed by atoms with E-state index in [-0.39, 0.29) is 0 Å². The smallest absolute Gasteiger partial charge is 0.137 e. The molecule has 17 heavy (non-hydrogen) atoms. The van der Waals surface area contributed by atoms with Gasteiger partial charge in [-0.1, -0.05) is 0 Å². The van der Waals surface area contributed by atoms with Gasteiger partial charge >= 0.3 is 0 Å². The molecule has 3 rings (SSSR count). The second kappa shape index (κ2) is 4.04. The number of rotatable bonds is 2. The minimum absolute atomic E-state index is 0.575. The molecular weight excluding hydrogens is 214 g/mol. The van der Waals surface area contributed by atoms with Crippen LogP contribution in [-0.4, -0.2) is 41.5 Å². The second-order valence-electron chi connectivity index (χ2n) is 4.75. The van der Waals surface area contributed by atoms with E-state index < -0.39 is 0 Å². The van der Waals surface area contributed by atoms with Crippen molar-refractivity contribution in [3.05, 3.63) is 30.2 Å². The predicted molar refractivity (Wildman–Crippen MR) is 66.6 cm³/mol. The summed E-state index contributed by atoms with van der Waals surface area (Å²) in [5, 5.41) is 0. The first kappa shape index (κ1) is 10.6. The number of pyridine rings is 1. The lowest BCUT2D eigenvalue weighted by atomic mass is 10.1. The van der Waals surface area contributed by atoms with Crippen molar-refractivity contribution in [2.45, 2.75) is 12.3 Å². The summed E-state index contributed by atoms with van der Waals surface area (Å²) >= 11 is 0. The van der Waals surface area contributed by atoms with Crippen molar-refractivity contribution in [3.63, 3.8) is 0 Å². The molecule has 2 aromatic rings. The van der Waals surface area contributed by atoms with Crippen LogP contribution in [0.15, 0.2) is 24.5 Å². The number of fused-ring (bicyclic) bond motifs is 1. The van der Waals surface area contributed by atoms with E-state index in [1.807, 2.05) is 22.7 Å². The van der Waals surface area contributed by atoms with Gasteiger partial charge in [0.1, 0.15) is 11.4 Å². The van der Waals surface area contributed by atoms with E-state index in [4.69, 9.17) is 4.74 Å². The van der Waals surface area contributed by atoms with Crippen molar-refractivity contribution in [2.24, 2.45) is 0 Å². The average molecular weight is 231 g/mol. The maximum atomic E-state index is 5.22. The number of likely N-dealkylation sites (N-methyl/N-ethyl adjacent to an activating group) is 1. The molecule has 1 fully saturated rings. The summed E-state index contributed by atoms with van der Waals surface area (Å²) < 4.78 is 7.27. The first-order valence-electron chi connectivity index (χ1n) is 5.97. The van der Waals surface area contributed by atoms with Crippen LogP contribution in [0.1, 0.15) is 18.0 Å². The summed E-state index contributed by atoms with van der Waals surface area (Å²) in [4.78, 5) is 7.04. The summed E-state index contributed by atoms with van der Waals surface area (Å²) in [6, 6.07) is 3.95. The number of methoxy groups -OCH3 is 1. The van der Waals surface area contributed by atoms with Crippen molar-refractivity contribution < 1.29 is 4.74 Å². The molecule has 3 heterocycles. The van der Waals surface area contributed by atoms with Crippen molar-refractivity contribution in [1.82, 2.24) is 14.3 Å². The van der Waals surface area contributed by atoms with Gasteiger partial charge < -0.3 is 14.0 Å². The van der Waals surface area contributed by atoms with Crippen LogP contribution in [0.2, 0.25) is 0 Å². The van der Waals surface area contributed by atoms with Gasteiger partial charge in [0.05, 0.1) is 19.0 Å². The third-order valence-corrected chi connectivity index (χ3v) is 3.49. The molecule has 0 N–H and O–H groups in total. The Morgan fingerprint density at radius 3 is 2.94 bits per heavy atom. The number of aromatic nitrogens is 2. The molecule has 0 radical (unpaired) electrons. The molecule has 2 aromatic heterocycles. The minimum atomic E-state index is 0.575. The van der Waals surface area contributed by atoms with Gasteiger partial charge in [-0.05, 0) is 32.1 Å². The topological polar surface area (TPSA) is 29.8 Å². The lowest BCUT2D eigenvalue weighted by Gasteiger charge is -2.06. The molecule has 90 valence electrons. The SMILES string of the molecule is COc1ccc2nc(C3CCN(C)C3)cn2c1. The molecule has 4 heteroatoms. The number of nitrogens with zero attached hydrogens (tertiary/aromatic N) is 3. The largest absolute Gasteiger partial charge is 0.495 e. The van der Waals surface area contributed by atoms with E-state index in [2.05, 4.69) is 23.1 Å². The molecule has 0 aliphatic carbocycles. The average Bonchev–Trinajstić information content (AvgIpc) is 2.93. The summed E-state index contributed by atoms with van der Waals surface area (Å²) in [7, 11) is 3.85. The quantitative estimate of drug-likeness (QED) is 0.789. The Hall–Kier alpha value is -1.55. The van der Waals surface area contributed by atoms with Crippen molar-refractivity contribution in [3.8, 4) is 5.75 Å². The van der Waals surface area contributed by atoms with Gasteiger partial charge in [0, 0.05) is 18.7 Å². The maximum absolute atomic E-state index is 5.22. The first-order valence-corrected chi connectivity index (χ1v) is 5.97. The number of imidazole rings is 1. The zero-order chi connectivity index (χ0) is 11.8. The van der Waals surface area contributed by atoms with E-state index in [0.717, 1.165) is 17.9 Å². The zero-order valence-corrected chi connectivity index (χ0v) is 10.3. The monoisotopic (exact) mass is 231 g/mol. The van der Waals surface area contributed by atoms with E-state index in [9.17, 15) is 0 Å². The third-order valence-electron chi connectivity index (χ3n) is 3.49. The predicted octanol–water partition coefficient (Wildman–Crippen LogP) is 1.76. The highest BCUT2D eigenvalue weighted by atomic mass is 16.5. The summed E-state index contributed by atoms with van der Waals surface area (Å²) in [5.74, 6) is 1.44. The van der Waals surface area contributed by atoms with E-state index in [1.165, 1.54) is 18.7 Å². The molecule has 1 saturated heterocycles. The Balaban J connectivity index is 1.96. The third kappa shape index (κ3) is 1.89. The highest BCUT2D eigenvalue weighted by molar-refractivity contribution is 5.43. The van der Waals surface area contributed by atoms with Gasteiger partial charge in [-0.15, -0.1) is 0 Å². The van der Waals surface area contributed by atoms with Crippen LogP contribution in [-0.2, 0) is 0 Å². The van der Waals surface area contributed by atoms with E-state index >= 15 is 0 Å². The fourth-order valence-corrected chi connectivity index (χ4v) is 2.48. The van der Waals surface area contributed by atoms with Crippen LogP contribution in [0.25, 0.3) is 5.65 Å². The Bertz CT molecular complexity index is 534. The van der Waals surface area contributed by atoms with Crippen molar-refractivity contribution >= 4 is 5.65 Å². The fourth-order valence-electron chi connectivity index (χ4n) is 2.48. The molecule has 0 amide bonds. The molecule has 0 spiro atoms. The Labute approximate surface area is 101 Å². The van der Waals surface area contributed by atoms with Crippen LogP contribution < -0.4 is 4.74 Å². The molecule has 0 aromatic carbocycles. The van der Waals surface area contributed by atoms with Gasteiger partial charge in [0.2, 0.25) is 0 Å². The molecule has 1 aliphatic rings. The molecule has 0 bridgehead atoms. The molecule has 0 saturated carbocycles. The highest BCUT2D eigenvalue weighted by Gasteiger charge is 2.23. The number of hydrogen-bond acceptors (Lipinski definition) is 3. The normalized spacial score (nSPS) is 21.2. The Kier molecular flexibility index (Phi) is 2.52. The van der Waals surface area contributed by atoms with E-state index in [1.54, 1.807) is 7.11 Å². The van der Waals surface area contributed by atoms with Gasteiger partial charge in [-0.3, -0.25) is 0 Å². The van der Waals surface area contributed by atoms with Crippen LogP contribution in [0.3, 0.4) is 0 Å². The summed E-state index contributed by atoms with van der Waals surface area (Å²) in [6.07, 6.45) is 5.31. The molecular formula is C13H17N3O. The lowest BCUT2D eigenvalue weighted by Crippen LogP contribution is -2.13. The van der Waals surface area contributed by atoms with E-state index in [0.29, 0.717) is 5.92 Å². The molecule has 4 nitrogen and oxygen atoms in total. The highest BCUT2D eigenvalue weighted by Crippen LogP contribution is 2.26. The summed E-state index contributed by atoms with van der Waals surface area (Å²) in [6.45, 7) is 2.28. The number of likely N-dealkylation sites (tertiary alicyclic amines) is 1. The van der Waals surface area contributed by atoms with Gasteiger partial charge in [-0.2, -0.15) is 0 Å². The molecule has 1 aliphatic heterocycles. The van der Waals surface area contributed by atoms with Crippen molar-refractivity contribution in [1.29, 1.82) is 0 Å². The Morgan fingerprint density at radius 2 is 2.24 bits per heavy atom. The first-order chi connectivity index (χ1) is 8.26. The zero-order valence-electron chi connectivity index (χ0n) is 10.3. The van der Waals surface area contributed by atoms with Crippen LogP contribution in [0, 0.1) is 0 Å². The standard InChI is InChI=1S/C13H17N3O/c1-15-6-5-10(7-15)12-9-16-8-11(17-2)3-4-13(16)14-12/h3-4,8-10H,5-7H2,1-2H3. The van der Waals surface area contributed by atoms with Gasteiger partial charge in [-0.25, -0.2) is 4.98 Å². The fraction of sp³-hybridized carbons (Fsp3) is 0.462. The van der Waals surface area contributed by atoms with Crippen LogP contribution in [0.4, 0.5) is 0 Å². The number of ether oxygens (including phenoxy) is 1. The maximum Gasteiger partial charge on any atom is 0.137 e. The van der Waals surface area contributed by atoms with Crippen LogP contribution >= 0.6 is 0 Å². The minimum Gasteiger partial charge on any atom is -0.495 e. The lowest BCUT2D eigenvalue weighted by molar-refractivity contribution is 0.411. The Morgan fingerprint density at radius 1 is 1.35 bits per heavy atom. The molecule has 1 atom stereocenters. The molecule has 1 unspecified atom stereocenters. The van der Waals surface area contributed by atoms with Crippen LogP contribution in [0.5, 0.6) is 5.75 Å².